The van der Waals surface area contributed by atoms with Crippen LogP contribution in [0.4, 0.5) is 10.5 Å². The molecule has 10 nitrogen and oxygen atoms in total. The maximum Gasteiger partial charge on any atom is 0.328 e. The molecule has 0 atom stereocenters. The molecule has 0 spiro atoms. The van der Waals surface area contributed by atoms with Crippen molar-refractivity contribution in [3.63, 3.8) is 0 Å². The van der Waals surface area contributed by atoms with E-state index in [0.717, 1.165) is 4.90 Å². The molecule has 1 aliphatic heterocycles. The number of imide groups is 1. The number of methoxy groups -OCH3 is 1. The van der Waals surface area contributed by atoms with Gasteiger partial charge in [-0.25, -0.2) is 4.79 Å². The molecule has 0 aliphatic carbocycles. The number of nitrogens with zero attached hydrogens (tertiary/aromatic N) is 4. The average Bonchev–Trinajstić information content (AvgIpc) is 3.01. The largest absolute Gasteiger partial charge is 0.383 e. The summed E-state index contributed by atoms with van der Waals surface area (Å²) in [6.07, 6.45) is 1.31. The maximum atomic E-state index is 12.4. The fourth-order valence-corrected chi connectivity index (χ4v) is 3.70. The lowest BCUT2D eigenvalue weighted by atomic mass is 10.1. The van der Waals surface area contributed by atoms with Crippen molar-refractivity contribution in [3.05, 3.63) is 43.2 Å². The highest BCUT2D eigenvalue weighted by Gasteiger charge is 2.35. The van der Waals surface area contributed by atoms with Crippen LogP contribution in [0.3, 0.4) is 0 Å². The van der Waals surface area contributed by atoms with Gasteiger partial charge in [0.2, 0.25) is 0 Å². The Morgan fingerprint density at radius 2 is 1.81 bits per heavy atom. The summed E-state index contributed by atoms with van der Waals surface area (Å²) in [4.78, 5) is 48.5. The first-order valence-corrected chi connectivity index (χ1v) is 8.66. The molecule has 11 heteroatoms. The normalized spacial score (nSPS) is 16.1. The Morgan fingerprint density at radius 3 is 2.41 bits per heavy atom. The van der Waals surface area contributed by atoms with E-state index in [0.29, 0.717) is 22.8 Å². The lowest BCUT2D eigenvalue weighted by Gasteiger charge is -2.10. The third-order valence-electron chi connectivity index (χ3n) is 4.30. The van der Waals surface area contributed by atoms with E-state index in [1.807, 2.05) is 0 Å². The Morgan fingerprint density at radius 1 is 1.19 bits per heavy atom. The van der Waals surface area contributed by atoms with E-state index >= 15 is 0 Å². The zero-order chi connectivity index (χ0) is 19.9. The fourth-order valence-electron chi connectivity index (χ4n) is 2.84. The van der Waals surface area contributed by atoms with Crippen molar-refractivity contribution in [3.8, 4) is 0 Å². The van der Waals surface area contributed by atoms with Crippen LogP contribution >= 0.6 is 11.8 Å². The van der Waals surface area contributed by atoms with Crippen LogP contribution in [0.2, 0.25) is 0 Å². The Balaban J connectivity index is 2.12. The number of amides is 2. The van der Waals surface area contributed by atoms with Crippen LogP contribution in [0.25, 0.3) is 17.1 Å². The van der Waals surface area contributed by atoms with Gasteiger partial charge in [0.25, 0.3) is 16.8 Å². The van der Waals surface area contributed by atoms with Crippen LogP contribution in [0, 0.1) is 10.1 Å². The minimum absolute atomic E-state index is 0.0829. The molecule has 1 fully saturated rings. The van der Waals surface area contributed by atoms with Gasteiger partial charge in [-0.3, -0.25) is 33.7 Å². The molecule has 2 heterocycles. The van der Waals surface area contributed by atoms with Crippen molar-refractivity contribution >= 4 is 45.7 Å². The van der Waals surface area contributed by atoms with E-state index in [4.69, 9.17) is 4.74 Å². The highest BCUT2D eigenvalue weighted by Crippen LogP contribution is 2.35. The molecule has 0 saturated carbocycles. The van der Waals surface area contributed by atoms with Gasteiger partial charge in [-0.1, -0.05) is 0 Å². The first kappa shape index (κ1) is 18.9. The standard InChI is InChI=1S/C16H16N4O6S/c1-17-11-6-9(10(20(24)25)8-12(11)18(2)15(17)22)7-13-14(21)19(4-5-26-3)16(23)27-13/h6-8H,4-5H2,1-3H3/b13-7-. The summed E-state index contributed by atoms with van der Waals surface area (Å²) in [5, 5.41) is 11.0. The highest BCUT2D eigenvalue weighted by molar-refractivity contribution is 8.18. The Kier molecular flexibility index (Phi) is 4.89. The van der Waals surface area contributed by atoms with Crippen LogP contribution in [-0.2, 0) is 23.6 Å². The van der Waals surface area contributed by atoms with Gasteiger partial charge in [-0.15, -0.1) is 0 Å². The van der Waals surface area contributed by atoms with Crippen molar-refractivity contribution in [2.24, 2.45) is 14.1 Å². The number of ether oxygens (including phenoxy) is 1. The molecule has 0 unspecified atom stereocenters. The summed E-state index contributed by atoms with van der Waals surface area (Å²) in [5.74, 6) is -0.529. The van der Waals surface area contributed by atoms with Crippen LogP contribution < -0.4 is 5.69 Å². The molecule has 0 N–H and O–H groups in total. The van der Waals surface area contributed by atoms with Crippen molar-refractivity contribution in [2.45, 2.75) is 0 Å². The number of aryl methyl sites for hydroxylation is 2. The number of carbonyl (C=O) groups is 2. The minimum atomic E-state index is -0.585. The third kappa shape index (κ3) is 3.15. The summed E-state index contributed by atoms with van der Waals surface area (Å²) in [6, 6.07) is 2.76. The van der Waals surface area contributed by atoms with Crippen LogP contribution in [0.5, 0.6) is 0 Å². The van der Waals surface area contributed by atoms with Gasteiger partial charge in [-0.2, -0.15) is 0 Å². The quantitative estimate of drug-likeness (QED) is 0.430. The molecular formula is C16H16N4O6S. The van der Waals surface area contributed by atoms with E-state index in [9.17, 15) is 24.5 Å². The number of fused-ring (bicyclic) bond motifs is 1. The average molecular weight is 392 g/mol. The van der Waals surface area contributed by atoms with Gasteiger partial charge < -0.3 is 4.74 Å². The lowest BCUT2D eigenvalue weighted by Crippen LogP contribution is -2.31. The summed E-state index contributed by atoms with van der Waals surface area (Å²) in [6.45, 7) is 0.302. The number of carbonyl (C=O) groups excluding carboxylic acids is 2. The molecule has 142 valence electrons. The number of nitro groups is 1. The molecule has 0 bridgehead atoms. The van der Waals surface area contributed by atoms with Crippen molar-refractivity contribution in [2.75, 3.05) is 20.3 Å². The first-order chi connectivity index (χ1) is 12.8. The second-order valence-electron chi connectivity index (χ2n) is 5.88. The SMILES string of the molecule is COCCN1C(=O)S/C(=C\c2cc3c(cc2[N+](=O)[O-])n(C)c(=O)n3C)C1=O. The van der Waals surface area contributed by atoms with E-state index in [-0.39, 0.29) is 35.0 Å². The topological polar surface area (TPSA) is 117 Å². The number of hydrogen-bond acceptors (Lipinski definition) is 7. The monoisotopic (exact) mass is 392 g/mol. The lowest BCUT2D eigenvalue weighted by molar-refractivity contribution is -0.385. The molecule has 1 aromatic carbocycles. The predicted molar refractivity (Wildman–Crippen MR) is 99.4 cm³/mol. The molecule has 2 aromatic rings. The number of hydrogen-bond donors (Lipinski definition) is 0. The van der Waals surface area contributed by atoms with E-state index in [2.05, 4.69) is 0 Å². The number of thioether (sulfide) groups is 1. The molecular weight excluding hydrogens is 376 g/mol. The smallest absolute Gasteiger partial charge is 0.328 e. The molecule has 1 aliphatic rings. The number of imidazole rings is 1. The molecule has 2 amide bonds. The Hall–Kier alpha value is -2.92. The van der Waals surface area contributed by atoms with Gasteiger partial charge in [0.15, 0.2) is 0 Å². The molecule has 1 saturated heterocycles. The van der Waals surface area contributed by atoms with E-state index in [1.54, 1.807) is 7.05 Å². The second-order valence-corrected chi connectivity index (χ2v) is 6.88. The van der Waals surface area contributed by atoms with Crippen LogP contribution in [0.15, 0.2) is 21.8 Å². The summed E-state index contributed by atoms with van der Waals surface area (Å²) in [7, 11) is 4.53. The van der Waals surface area contributed by atoms with E-state index in [1.165, 1.54) is 41.5 Å². The molecule has 0 radical (unpaired) electrons. The van der Waals surface area contributed by atoms with Gasteiger partial charge in [0.1, 0.15) is 0 Å². The van der Waals surface area contributed by atoms with Gasteiger partial charge in [0.05, 0.1) is 39.6 Å². The fraction of sp³-hybridized carbons (Fsp3) is 0.312. The molecule has 3 rings (SSSR count). The third-order valence-corrected chi connectivity index (χ3v) is 5.20. The van der Waals surface area contributed by atoms with Gasteiger partial charge in [0, 0.05) is 27.3 Å². The Labute approximate surface area is 157 Å². The molecule has 1 aromatic heterocycles. The van der Waals surface area contributed by atoms with Crippen molar-refractivity contribution in [1.29, 1.82) is 0 Å². The summed E-state index contributed by atoms with van der Waals surface area (Å²) in [5.41, 5.74) is 0.451. The number of rotatable bonds is 5. The number of aromatic nitrogens is 2. The molecule has 27 heavy (non-hydrogen) atoms. The first-order valence-electron chi connectivity index (χ1n) is 7.84. The van der Waals surface area contributed by atoms with Gasteiger partial charge >= 0.3 is 5.69 Å². The maximum absolute atomic E-state index is 12.4. The minimum Gasteiger partial charge on any atom is -0.383 e. The van der Waals surface area contributed by atoms with E-state index < -0.39 is 16.1 Å². The summed E-state index contributed by atoms with van der Waals surface area (Å²) < 4.78 is 7.55. The zero-order valence-electron chi connectivity index (χ0n) is 14.8. The predicted octanol–water partition coefficient (Wildman–Crippen LogP) is 1.47. The summed E-state index contributed by atoms with van der Waals surface area (Å²) >= 11 is 0.712. The van der Waals surface area contributed by atoms with Gasteiger partial charge in [-0.05, 0) is 23.9 Å². The number of benzene rings is 1. The van der Waals surface area contributed by atoms with Crippen LogP contribution in [0.1, 0.15) is 5.56 Å². The Bertz CT molecular complexity index is 1070. The van der Waals surface area contributed by atoms with Crippen LogP contribution in [-0.4, -0.2) is 50.4 Å². The van der Waals surface area contributed by atoms with Crippen molar-refractivity contribution < 1.29 is 19.2 Å². The second kappa shape index (κ2) is 7.00. The number of nitro benzene ring substituents is 1. The highest BCUT2D eigenvalue weighted by atomic mass is 32.2. The van der Waals surface area contributed by atoms with Crippen molar-refractivity contribution in [1.82, 2.24) is 14.0 Å². The zero-order valence-corrected chi connectivity index (χ0v) is 15.6.